The van der Waals surface area contributed by atoms with E-state index in [1.807, 2.05) is 0 Å². The van der Waals surface area contributed by atoms with Gasteiger partial charge in [-0.3, -0.25) is 4.90 Å². The summed E-state index contributed by atoms with van der Waals surface area (Å²) >= 11 is 7.93. The number of carbonyl (C=O) groups is 3. The molecule has 2 aromatic heterocycles. The lowest BCUT2D eigenvalue weighted by Crippen LogP contribution is -2.46. The minimum absolute atomic E-state index is 0.00424. The van der Waals surface area contributed by atoms with Gasteiger partial charge in [0, 0.05) is 6.54 Å². The third kappa shape index (κ3) is 10.5. The molecule has 0 radical (unpaired) electrons. The number of aromatic nitrogens is 2. The van der Waals surface area contributed by atoms with Crippen molar-refractivity contribution < 1.29 is 37.7 Å². The fraction of sp³-hybridized carbons (Fsp3) is 0.410. The van der Waals surface area contributed by atoms with Crippen LogP contribution in [0.1, 0.15) is 71.7 Å². The number of nitrogens with zero attached hydrogens (tertiary/aromatic N) is 4. The highest BCUT2D eigenvalue weighted by Gasteiger charge is 2.39. The van der Waals surface area contributed by atoms with E-state index in [0.29, 0.717) is 51.5 Å². The van der Waals surface area contributed by atoms with Crippen molar-refractivity contribution in [2.45, 2.75) is 91.2 Å². The van der Waals surface area contributed by atoms with Gasteiger partial charge < -0.3 is 24.3 Å². The molecule has 15 heteroatoms. The van der Waals surface area contributed by atoms with Crippen molar-refractivity contribution in [3.8, 4) is 17.6 Å². The summed E-state index contributed by atoms with van der Waals surface area (Å²) in [5, 5.41) is 2.80. The van der Waals surface area contributed by atoms with Crippen LogP contribution >= 0.6 is 22.9 Å². The number of ether oxygens (including phenoxy) is 4. The second-order valence-corrected chi connectivity index (χ2v) is 15.9. The number of amides is 3. The summed E-state index contributed by atoms with van der Waals surface area (Å²) in [6.45, 7) is 12.9. The van der Waals surface area contributed by atoms with Crippen molar-refractivity contribution in [3.05, 3.63) is 76.1 Å². The first-order chi connectivity index (χ1) is 25.5. The minimum Gasteiger partial charge on any atom is -0.487 e. The van der Waals surface area contributed by atoms with E-state index < -0.39 is 41.6 Å². The molecule has 2 aromatic carbocycles. The zero-order valence-electron chi connectivity index (χ0n) is 31.2. The van der Waals surface area contributed by atoms with Gasteiger partial charge in [-0.25, -0.2) is 33.6 Å². The highest BCUT2D eigenvalue weighted by atomic mass is 35.5. The molecule has 1 aliphatic heterocycles. The molecule has 0 spiro atoms. The molecule has 0 bridgehead atoms. The molecule has 1 N–H and O–H groups in total. The molecule has 4 aromatic rings. The first-order valence-corrected chi connectivity index (χ1v) is 18.6. The summed E-state index contributed by atoms with van der Waals surface area (Å²) < 4.78 is 37.0. The topological polar surface area (TPSA) is 132 Å². The van der Waals surface area contributed by atoms with Crippen molar-refractivity contribution >= 4 is 62.9 Å². The van der Waals surface area contributed by atoms with Crippen molar-refractivity contribution in [3.63, 3.8) is 0 Å². The van der Waals surface area contributed by atoms with Crippen LogP contribution in [0, 0.1) is 17.7 Å². The number of thiophene rings is 1. The van der Waals surface area contributed by atoms with Gasteiger partial charge in [0.25, 0.3) is 0 Å². The summed E-state index contributed by atoms with van der Waals surface area (Å²) in [6, 6.07) is 11.7. The van der Waals surface area contributed by atoms with E-state index in [-0.39, 0.29) is 29.9 Å². The molecule has 5 rings (SSSR count). The molecule has 0 saturated carbocycles. The largest absolute Gasteiger partial charge is 0.487 e. The fourth-order valence-corrected chi connectivity index (χ4v) is 6.70. The molecule has 54 heavy (non-hydrogen) atoms. The Morgan fingerprint density at radius 3 is 2.48 bits per heavy atom. The van der Waals surface area contributed by atoms with Gasteiger partial charge in [0.2, 0.25) is 0 Å². The normalized spacial score (nSPS) is 15.6. The maximum atomic E-state index is 13.8. The van der Waals surface area contributed by atoms with Crippen LogP contribution in [0.15, 0.2) is 54.9 Å². The van der Waals surface area contributed by atoms with Gasteiger partial charge in [-0.2, -0.15) is 0 Å². The first-order valence-electron chi connectivity index (χ1n) is 17.4. The number of hydrogen-bond donors (Lipinski definition) is 1. The molecule has 1 fully saturated rings. The third-order valence-electron chi connectivity index (χ3n) is 7.73. The van der Waals surface area contributed by atoms with Gasteiger partial charge in [0.1, 0.15) is 42.3 Å². The summed E-state index contributed by atoms with van der Waals surface area (Å²) in [5.74, 6) is 6.61. The Morgan fingerprint density at radius 1 is 1.04 bits per heavy atom. The Bertz CT molecular complexity index is 2070. The lowest BCUT2D eigenvalue weighted by atomic mass is 10.2. The van der Waals surface area contributed by atoms with Crippen molar-refractivity contribution in [1.29, 1.82) is 0 Å². The molecule has 0 unspecified atom stereocenters. The maximum Gasteiger partial charge on any atom is 0.420 e. The Hall–Kier alpha value is -5.13. The van der Waals surface area contributed by atoms with Gasteiger partial charge in [0.15, 0.2) is 5.82 Å². The smallest absolute Gasteiger partial charge is 0.420 e. The lowest BCUT2D eigenvalue weighted by Gasteiger charge is -2.30. The number of carbonyl (C=O) groups excluding carboxylic acids is 3. The van der Waals surface area contributed by atoms with Crippen molar-refractivity contribution in [1.82, 2.24) is 20.2 Å². The van der Waals surface area contributed by atoms with Crippen LogP contribution < -0.4 is 15.0 Å². The molecule has 0 aliphatic carbocycles. The van der Waals surface area contributed by atoms with Crippen LogP contribution in [-0.4, -0.2) is 69.6 Å². The van der Waals surface area contributed by atoms with Crippen molar-refractivity contribution in [2.24, 2.45) is 0 Å². The molecule has 12 nitrogen and oxygen atoms in total. The van der Waals surface area contributed by atoms with Gasteiger partial charge in [-0.05, 0) is 103 Å². The van der Waals surface area contributed by atoms with Crippen LogP contribution in [0.2, 0.25) is 5.02 Å². The number of anilines is 2. The van der Waals surface area contributed by atoms with Gasteiger partial charge in [-0.1, -0.05) is 35.6 Å². The van der Waals surface area contributed by atoms with Gasteiger partial charge in [-0.15, -0.1) is 11.3 Å². The zero-order chi connectivity index (χ0) is 39.2. The second kappa shape index (κ2) is 16.9. The van der Waals surface area contributed by atoms with Crippen LogP contribution in [0.25, 0.3) is 10.2 Å². The van der Waals surface area contributed by atoms with Gasteiger partial charge in [0.05, 0.1) is 37.9 Å². The van der Waals surface area contributed by atoms with E-state index >= 15 is 0 Å². The third-order valence-corrected chi connectivity index (χ3v) is 9.07. The Morgan fingerprint density at radius 2 is 1.80 bits per heavy atom. The molecule has 1 saturated heterocycles. The summed E-state index contributed by atoms with van der Waals surface area (Å²) in [7, 11) is 0. The number of rotatable bonds is 8. The van der Waals surface area contributed by atoms with E-state index in [1.165, 1.54) is 39.6 Å². The van der Waals surface area contributed by atoms with E-state index in [1.54, 1.807) is 84.9 Å². The highest BCUT2D eigenvalue weighted by Crippen LogP contribution is 2.39. The van der Waals surface area contributed by atoms with Crippen LogP contribution in [-0.2, 0) is 20.8 Å². The number of fused-ring (bicyclic) bond motifs is 1. The molecule has 1 aliphatic rings. The SMILES string of the molecule is CCNC(=O)OC[C@H]1CC[C@H](C#Cc2cc3ncnc(N(C(=O)OC(C)(C)C)c4ccc(OCc5cccc(F)c5)c(Cl)c4)c3s2)N1C(=O)OC(C)(C)C. The van der Waals surface area contributed by atoms with E-state index in [9.17, 15) is 18.8 Å². The van der Waals surface area contributed by atoms with Crippen LogP contribution in [0.4, 0.5) is 30.3 Å². The molecular formula is C39H43ClFN5O7S. The first kappa shape index (κ1) is 40.1. The number of nitrogens with one attached hydrogen (secondary N) is 1. The molecular weight excluding hydrogens is 737 g/mol. The summed E-state index contributed by atoms with van der Waals surface area (Å²) in [6.07, 6.45) is 0.629. The summed E-state index contributed by atoms with van der Waals surface area (Å²) in [5.41, 5.74) is -0.0685. The van der Waals surface area contributed by atoms with E-state index in [0.717, 1.165) is 0 Å². The van der Waals surface area contributed by atoms with Crippen molar-refractivity contribution in [2.75, 3.05) is 18.1 Å². The van der Waals surface area contributed by atoms with Gasteiger partial charge >= 0.3 is 18.3 Å². The molecule has 2 atom stereocenters. The number of hydrogen-bond acceptors (Lipinski definition) is 10. The Balaban J connectivity index is 1.45. The van der Waals surface area contributed by atoms with Crippen LogP contribution in [0.3, 0.4) is 0 Å². The average molecular weight is 780 g/mol. The Kier molecular flexibility index (Phi) is 12.5. The summed E-state index contributed by atoms with van der Waals surface area (Å²) in [4.78, 5) is 51.6. The fourth-order valence-electron chi connectivity index (χ4n) is 5.52. The lowest BCUT2D eigenvalue weighted by molar-refractivity contribution is 0.0116. The number of alkyl carbamates (subject to hydrolysis) is 1. The zero-order valence-corrected chi connectivity index (χ0v) is 32.8. The molecule has 3 amide bonds. The number of likely N-dealkylation sites (tertiary alicyclic amines) is 1. The van der Waals surface area contributed by atoms with E-state index in [4.69, 9.17) is 30.5 Å². The monoisotopic (exact) mass is 779 g/mol. The predicted octanol–water partition coefficient (Wildman–Crippen LogP) is 9.00. The Labute approximate surface area is 322 Å². The minimum atomic E-state index is -0.838. The molecule has 286 valence electrons. The average Bonchev–Trinajstić information content (AvgIpc) is 3.69. The number of benzene rings is 2. The van der Waals surface area contributed by atoms with Crippen LogP contribution in [0.5, 0.6) is 5.75 Å². The second-order valence-electron chi connectivity index (χ2n) is 14.4. The predicted molar refractivity (Wildman–Crippen MR) is 205 cm³/mol. The quantitative estimate of drug-likeness (QED) is 0.137. The number of halogens is 2. The maximum absolute atomic E-state index is 13.8. The standard InChI is InChI=1S/C39H43ClFN5O7S/c1-8-42-35(47)51-22-28-13-12-26(45(28)36(48)52-38(2,3)4)14-16-29-20-31-33(54-29)34(44-23-43-31)46(37(49)53-39(5,6)7)27-15-17-32(30(40)19-27)50-21-24-10-9-11-25(41)18-24/h9-11,15,17-20,23,26,28H,8,12-13,21-22H2,1-7H3,(H,42,47)/t26-,28-/m1/s1. The van der Waals surface area contributed by atoms with E-state index in [2.05, 4.69) is 27.1 Å². The molecule has 3 heterocycles. The highest BCUT2D eigenvalue weighted by molar-refractivity contribution is 7.20.